The second-order valence-corrected chi connectivity index (χ2v) is 8.71. The van der Waals surface area contributed by atoms with Gasteiger partial charge in [0.1, 0.15) is 23.7 Å². The summed E-state index contributed by atoms with van der Waals surface area (Å²) in [6.45, 7) is 4.04. The molecule has 0 bridgehead atoms. The summed E-state index contributed by atoms with van der Waals surface area (Å²) < 4.78 is 17.3. The molecule has 0 aliphatic heterocycles. The number of hydrogen-bond donors (Lipinski definition) is 1. The molecule has 30 heavy (non-hydrogen) atoms. The van der Waals surface area contributed by atoms with Crippen LogP contribution in [0.25, 0.3) is 21.7 Å². The minimum atomic E-state index is -0.594. The Morgan fingerprint density at radius 3 is 2.87 bits per heavy atom. The molecular formula is C21H19FN6OS. The van der Waals surface area contributed by atoms with E-state index in [4.69, 9.17) is 0 Å². The van der Waals surface area contributed by atoms with E-state index in [9.17, 15) is 9.18 Å². The first kappa shape index (κ1) is 18.8. The number of carbonyl (C=O) groups is 1. The average Bonchev–Trinajstić information content (AvgIpc) is 3.29. The third-order valence-corrected chi connectivity index (χ3v) is 6.19. The Kier molecular flexibility index (Phi) is 4.54. The van der Waals surface area contributed by atoms with E-state index in [2.05, 4.69) is 25.5 Å². The van der Waals surface area contributed by atoms with Crippen LogP contribution in [0.4, 0.5) is 10.2 Å². The molecule has 0 unspecified atom stereocenters. The van der Waals surface area contributed by atoms with Gasteiger partial charge in [0.15, 0.2) is 5.82 Å². The van der Waals surface area contributed by atoms with E-state index in [1.807, 2.05) is 18.4 Å². The maximum Gasteiger partial charge on any atom is 0.259 e. The number of amides is 1. The molecule has 1 fully saturated rings. The van der Waals surface area contributed by atoms with Gasteiger partial charge in [0.25, 0.3) is 5.91 Å². The number of carbonyl (C=O) groups excluding carboxylic acids is 1. The Morgan fingerprint density at radius 2 is 2.10 bits per heavy atom. The van der Waals surface area contributed by atoms with Gasteiger partial charge >= 0.3 is 0 Å². The molecule has 3 heterocycles. The van der Waals surface area contributed by atoms with Crippen molar-refractivity contribution in [1.29, 1.82) is 0 Å². The number of anilines is 1. The van der Waals surface area contributed by atoms with E-state index in [0.29, 0.717) is 28.8 Å². The Morgan fingerprint density at radius 1 is 1.27 bits per heavy atom. The quantitative estimate of drug-likeness (QED) is 0.499. The smallest absolute Gasteiger partial charge is 0.259 e. The van der Waals surface area contributed by atoms with Gasteiger partial charge in [0.05, 0.1) is 20.8 Å². The lowest BCUT2D eigenvalue weighted by Gasteiger charge is -2.11. The first-order valence-electron chi connectivity index (χ1n) is 9.78. The monoisotopic (exact) mass is 422 g/mol. The normalized spacial score (nSPS) is 13.9. The third-order valence-electron chi connectivity index (χ3n) is 5.01. The van der Waals surface area contributed by atoms with E-state index in [0.717, 1.165) is 22.5 Å². The largest absolute Gasteiger partial charge is 0.310 e. The molecular weight excluding hydrogens is 403 g/mol. The molecule has 9 heteroatoms. The molecule has 0 spiro atoms. The summed E-state index contributed by atoms with van der Waals surface area (Å²) in [4.78, 5) is 21.7. The number of thiazole rings is 1. The maximum atomic E-state index is 14.6. The molecule has 1 amide bonds. The lowest BCUT2D eigenvalue weighted by atomic mass is 10.2. The molecule has 1 aliphatic rings. The second-order valence-electron chi connectivity index (χ2n) is 7.64. The molecule has 1 aliphatic carbocycles. The van der Waals surface area contributed by atoms with Gasteiger partial charge in [0, 0.05) is 18.0 Å². The van der Waals surface area contributed by atoms with Crippen molar-refractivity contribution in [3.05, 3.63) is 53.0 Å². The molecule has 0 radical (unpaired) electrons. The zero-order chi connectivity index (χ0) is 20.8. The van der Waals surface area contributed by atoms with Crippen molar-refractivity contribution in [3.63, 3.8) is 0 Å². The summed E-state index contributed by atoms with van der Waals surface area (Å²) in [5.74, 6) is 0.265. The molecule has 0 atom stereocenters. The van der Waals surface area contributed by atoms with Gasteiger partial charge in [-0.2, -0.15) is 0 Å². The highest BCUT2D eigenvalue weighted by atomic mass is 32.1. The highest BCUT2D eigenvalue weighted by molar-refractivity contribution is 7.18. The number of nitrogens with zero attached hydrogens (tertiary/aromatic N) is 5. The van der Waals surface area contributed by atoms with Crippen molar-refractivity contribution in [2.45, 2.75) is 38.6 Å². The minimum Gasteiger partial charge on any atom is -0.310 e. The molecule has 5 rings (SSSR count). The Labute approximate surface area is 176 Å². The summed E-state index contributed by atoms with van der Waals surface area (Å²) >= 11 is 1.53. The number of halogens is 1. The van der Waals surface area contributed by atoms with Crippen molar-refractivity contribution in [1.82, 2.24) is 24.7 Å². The van der Waals surface area contributed by atoms with Gasteiger partial charge in [-0.15, -0.1) is 21.5 Å². The fourth-order valence-corrected chi connectivity index (χ4v) is 4.42. The molecule has 0 saturated heterocycles. The van der Waals surface area contributed by atoms with Crippen LogP contribution in [-0.2, 0) is 0 Å². The highest BCUT2D eigenvalue weighted by Gasteiger charge is 2.27. The molecule has 7 nitrogen and oxygen atoms in total. The van der Waals surface area contributed by atoms with Gasteiger partial charge in [-0.1, -0.05) is 6.07 Å². The van der Waals surface area contributed by atoms with Crippen LogP contribution in [0.1, 0.15) is 54.0 Å². The Hall–Kier alpha value is -3.20. The van der Waals surface area contributed by atoms with Crippen LogP contribution in [0.2, 0.25) is 0 Å². The van der Waals surface area contributed by atoms with E-state index >= 15 is 0 Å². The van der Waals surface area contributed by atoms with Crippen molar-refractivity contribution in [2.75, 3.05) is 5.32 Å². The number of fused-ring (bicyclic) bond motifs is 1. The average molecular weight is 422 g/mol. The van der Waals surface area contributed by atoms with E-state index < -0.39 is 11.7 Å². The molecule has 1 aromatic carbocycles. The number of aromatic nitrogens is 5. The van der Waals surface area contributed by atoms with Crippen LogP contribution < -0.4 is 5.32 Å². The second kappa shape index (κ2) is 7.24. The fraction of sp³-hybridized carbons (Fsp3) is 0.286. The van der Waals surface area contributed by atoms with Crippen LogP contribution in [0.15, 0.2) is 36.7 Å². The van der Waals surface area contributed by atoms with Gasteiger partial charge in [0.2, 0.25) is 0 Å². The highest BCUT2D eigenvalue weighted by Crippen LogP contribution is 2.43. The molecule has 4 aromatic rings. The maximum absolute atomic E-state index is 14.6. The van der Waals surface area contributed by atoms with E-state index in [-0.39, 0.29) is 11.6 Å². The fourth-order valence-electron chi connectivity index (χ4n) is 3.26. The van der Waals surface area contributed by atoms with Crippen molar-refractivity contribution < 1.29 is 9.18 Å². The molecule has 1 N–H and O–H groups in total. The van der Waals surface area contributed by atoms with Crippen molar-refractivity contribution >= 4 is 33.3 Å². The van der Waals surface area contributed by atoms with E-state index in [1.165, 1.54) is 17.4 Å². The number of rotatable bonds is 5. The lowest BCUT2D eigenvalue weighted by molar-refractivity contribution is 0.102. The van der Waals surface area contributed by atoms with Crippen LogP contribution in [0, 0.1) is 5.82 Å². The van der Waals surface area contributed by atoms with E-state index in [1.54, 1.807) is 30.6 Å². The van der Waals surface area contributed by atoms with Gasteiger partial charge < -0.3 is 9.88 Å². The van der Waals surface area contributed by atoms with Crippen molar-refractivity contribution in [3.8, 4) is 11.5 Å². The summed E-state index contributed by atoms with van der Waals surface area (Å²) in [6.07, 6.45) is 3.90. The predicted octanol–water partition coefficient (Wildman–Crippen LogP) is 4.80. The summed E-state index contributed by atoms with van der Waals surface area (Å²) in [5, 5.41) is 11.8. The SMILES string of the molecule is CC(C)n1cnnc1-c1cccc(NC(=O)c2cc3sc(C4CC4)nc3cc2F)n1. The number of benzene rings is 1. The Balaban J connectivity index is 1.42. The summed E-state index contributed by atoms with van der Waals surface area (Å²) in [6, 6.07) is 8.29. The Bertz CT molecular complexity index is 1260. The van der Waals surface area contributed by atoms with Crippen LogP contribution in [0.5, 0.6) is 0 Å². The third kappa shape index (κ3) is 3.45. The predicted molar refractivity (Wildman–Crippen MR) is 113 cm³/mol. The van der Waals surface area contributed by atoms with Crippen molar-refractivity contribution in [2.24, 2.45) is 0 Å². The molecule has 3 aromatic heterocycles. The number of nitrogens with one attached hydrogen (secondary N) is 1. The van der Waals surface area contributed by atoms with Crippen LogP contribution in [0.3, 0.4) is 0 Å². The standard InChI is InChI=1S/C21H19FN6OS/c1-11(2)28-10-23-27-19(28)15-4-3-5-18(24-15)26-20(29)13-8-17-16(9-14(13)22)25-21(30-17)12-6-7-12/h3-5,8-12H,6-7H2,1-2H3,(H,24,26,29). The summed E-state index contributed by atoms with van der Waals surface area (Å²) in [5.41, 5.74) is 1.15. The topological polar surface area (TPSA) is 85.6 Å². The first-order chi connectivity index (χ1) is 14.5. The molecule has 152 valence electrons. The van der Waals surface area contributed by atoms with Crippen LogP contribution >= 0.6 is 11.3 Å². The zero-order valence-electron chi connectivity index (χ0n) is 16.5. The first-order valence-corrected chi connectivity index (χ1v) is 10.6. The van der Waals surface area contributed by atoms with Crippen LogP contribution in [-0.4, -0.2) is 30.6 Å². The molecule has 1 saturated carbocycles. The summed E-state index contributed by atoms with van der Waals surface area (Å²) in [7, 11) is 0. The number of hydrogen-bond acceptors (Lipinski definition) is 6. The van der Waals surface area contributed by atoms with Gasteiger partial charge in [-0.05, 0) is 44.9 Å². The minimum absolute atomic E-state index is 0.0222. The van der Waals surface area contributed by atoms with Gasteiger partial charge in [-0.3, -0.25) is 4.79 Å². The van der Waals surface area contributed by atoms with Gasteiger partial charge in [-0.25, -0.2) is 14.4 Å². The zero-order valence-corrected chi connectivity index (χ0v) is 17.3. The lowest BCUT2D eigenvalue weighted by Crippen LogP contribution is -2.15. The number of pyridine rings is 1.